The molecule has 1 N–H and O–H groups in total. The summed E-state index contributed by atoms with van der Waals surface area (Å²) in [5.41, 5.74) is 1.05. The van der Waals surface area contributed by atoms with Crippen LogP contribution in [-0.2, 0) is 6.54 Å². The molecule has 1 aliphatic carbocycles. The maximum absolute atomic E-state index is 12.1. The van der Waals surface area contributed by atoms with Crippen LogP contribution < -0.4 is 10.2 Å². The maximum atomic E-state index is 12.1. The molecule has 0 aromatic carbocycles. The van der Waals surface area contributed by atoms with E-state index < -0.39 is 0 Å². The van der Waals surface area contributed by atoms with Crippen molar-refractivity contribution in [3.8, 4) is 0 Å². The zero-order valence-corrected chi connectivity index (χ0v) is 14.1. The van der Waals surface area contributed by atoms with Crippen molar-refractivity contribution in [1.29, 1.82) is 0 Å². The first kappa shape index (κ1) is 16.1. The zero-order valence-electron chi connectivity index (χ0n) is 14.1. The highest BCUT2D eigenvalue weighted by molar-refractivity contribution is 5.74. The molecule has 1 saturated heterocycles. The summed E-state index contributed by atoms with van der Waals surface area (Å²) in [6, 6.07) is 4.61. The van der Waals surface area contributed by atoms with Crippen LogP contribution in [0.2, 0.25) is 0 Å². The topological polar surface area (TPSA) is 48.5 Å². The van der Waals surface area contributed by atoms with E-state index in [0.717, 1.165) is 37.3 Å². The number of aromatic nitrogens is 1. The van der Waals surface area contributed by atoms with Crippen LogP contribution in [-0.4, -0.2) is 42.1 Å². The number of anilines is 1. The van der Waals surface area contributed by atoms with Crippen molar-refractivity contribution >= 4 is 11.8 Å². The molecular weight excluding hydrogens is 288 g/mol. The molecule has 0 bridgehead atoms. The van der Waals surface area contributed by atoms with Gasteiger partial charge in [0.05, 0.1) is 0 Å². The Hall–Kier alpha value is -1.78. The van der Waals surface area contributed by atoms with E-state index in [-0.39, 0.29) is 6.03 Å². The van der Waals surface area contributed by atoms with E-state index in [9.17, 15) is 4.79 Å². The number of hydrogen-bond donors (Lipinski definition) is 1. The van der Waals surface area contributed by atoms with Gasteiger partial charge >= 0.3 is 6.03 Å². The van der Waals surface area contributed by atoms with Gasteiger partial charge in [0, 0.05) is 38.9 Å². The molecule has 0 spiro atoms. The normalized spacial score (nSPS) is 18.9. The Morgan fingerprint density at radius 3 is 2.52 bits per heavy atom. The number of urea groups is 1. The first-order chi connectivity index (χ1) is 11.2. The lowest BCUT2D eigenvalue weighted by Gasteiger charge is -2.34. The molecule has 5 heteroatoms. The lowest BCUT2D eigenvalue weighted by atomic mass is 9.92. The molecule has 0 unspecified atom stereocenters. The van der Waals surface area contributed by atoms with E-state index in [4.69, 9.17) is 0 Å². The number of carbonyl (C=O) groups excluding carboxylic acids is 1. The second kappa shape index (κ2) is 7.66. The Morgan fingerprint density at radius 1 is 1.22 bits per heavy atom. The van der Waals surface area contributed by atoms with E-state index >= 15 is 0 Å². The summed E-state index contributed by atoms with van der Waals surface area (Å²) in [5, 5.41) is 2.99. The van der Waals surface area contributed by atoms with Gasteiger partial charge in [-0.2, -0.15) is 0 Å². The summed E-state index contributed by atoms with van der Waals surface area (Å²) in [4.78, 5) is 20.9. The molecule has 2 heterocycles. The molecule has 1 aromatic heterocycles. The summed E-state index contributed by atoms with van der Waals surface area (Å²) < 4.78 is 0. The molecule has 2 fully saturated rings. The number of hydrogen-bond acceptors (Lipinski definition) is 3. The van der Waals surface area contributed by atoms with Gasteiger partial charge in [-0.3, -0.25) is 0 Å². The van der Waals surface area contributed by atoms with Gasteiger partial charge in [-0.1, -0.05) is 18.9 Å². The third-order valence-electron chi connectivity index (χ3n) is 5.13. The fourth-order valence-electron chi connectivity index (χ4n) is 3.25. The maximum Gasteiger partial charge on any atom is 0.317 e. The summed E-state index contributed by atoms with van der Waals surface area (Å²) >= 11 is 0. The van der Waals surface area contributed by atoms with Crippen LogP contribution in [0, 0.1) is 0 Å². The Morgan fingerprint density at radius 2 is 1.96 bits per heavy atom. The van der Waals surface area contributed by atoms with Gasteiger partial charge in [0.25, 0.3) is 0 Å². The third-order valence-corrected chi connectivity index (χ3v) is 5.13. The molecule has 126 valence electrons. The van der Waals surface area contributed by atoms with Crippen molar-refractivity contribution in [2.45, 2.75) is 57.5 Å². The molecule has 2 aliphatic rings. The average molecular weight is 316 g/mol. The summed E-state index contributed by atoms with van der Waals surface area (Å²) in [6.45, 7) is 2.76. The van der Waals surface area contributed by atoms with Gasteiger partial charge in [0.1, 0.15) is 5.82 Å². The predicted molar refractivity (Wildman–Crippen MR) is 92.6 cm³/mol. The first-order valence-corrected chi connectivity index (χ1v) is 8.94. The SMILES string of the molecule is CN(C(=O)NCc1ccc(N2CCCCCC2)nc1)C1CCC1. The quantitative estimate of drug-likeness (QED) is 0.928. The van der Waals surface area contributed by atoms with Crippen molar-refractivity contribution in [1.82, 2.24) is 15.2 Å². The van der Waals surface area contributed by atoms with Crippen LogP contribution >= 0.6 is 0 Å². The van der Waals surface area contributed by atoms with Crippen molar-refractivity contribution in [3.05, 3.63) is 23.9 Å². The van der Waals surface area contributed by atoms with Gasteiger partial charge in [-0.15, -0.1) is 0 Å². The van der Waals surface area contributed by atoms with Gasteiger partial charge < -0.3 is 15.1 Å². The standard InChI is InChI=1S/C18H28N4O/c1-21(16-7-6-8-16)18(23)20-14-15-9-10-17(19-13-15)22-11-4-2-3-5-12-22/h9-10,13,16H,2-8,11-12,14H2,1H3,(H,20,23). The minimum atomic E-state index is 0.0197. The highest BCUT2D eigenvalue weighted by Gasteiger charge is 2.25. The molecule has 0 radical (unpaired) electrons. The van der Waals surface area contributed by atoms with E-state index in [2.05, 4.69) is 27.3 Å². The number of carbonyl (C=O) groups is 1. The van der Waals surface area contributed by atoms with Crippen LogP contribution in [0.1, 0.15) is 50.5 Å². The van der Waals surface area contributed by atoms with Gasteiger partial charge in [-0.25, -0.2) is 9.78 Å². The highest BCUT2D eigenvalue weighted by atomic mass is 16.2. The fourth-order valence-corrected chi connectivity index (χ4v) is 3.25. The number of nitrogens with one attached hydrogen (secondary N) is 1. The van der Waals surface area contributed by atoms with Gasteiger partial charge in [0.2, 0.25) is 0 Å². The summed E-state index contributed by atoms with van der Waals surface area (Å²) in [6.07, 6.45) is 10.6. The van der Waals surface area contributed by atoms with Crippen LogP contribution in [0.15, 0.2) is 18.3 Å². The Labute approximate surface area is 139 Å². The Bertz CT molecular complexity index is 504. The lowest BCUT2D eigenvalue weighted by molar-refractivity contribution is 0.157. The van der Waals surface area contributed by atoms with E-state index in [1.807, 2.05) is 18.1 Å². The predicted octanol–water partition coefficient (Wildman–Crippen LogP) is 3.16. The van der Waals surface area contributed by atoms with E-state index in [1.165, 1.54) is 32.1 Å². The minimum absolute atomic E-state index is 0.0197. The highest BCUT2D eigenvalue weighted by Crippen LogP contribution is 2.23. The monoisotopic (exact) mass is 316 g/mol. The number of nitrogens with zero attached hydrogens (tertiary/aromatic N) is 3. The molecule has 1 saturated carbocycles. The van der Waals surface area contributed by atoms with Gasteiger partial charge in [-0.05, 0) is 43.7 Å². The second-order valence-corrected chi connectivity index (χ2v) is 6.78. The molecule has 1 aromatic rings. The lowest BCUT2D eigenvalue weighted by Crippen LogP contribution is -2.46. The summed E-state index contributed by atoms with van der Waals surface area (Å²) in [7, 11) is 1.89. The van der Waals surface area contributed by atoms with Crippen molar-refractivity contribution in [3.63, 3.8) is 0 Å². The Kier molecular flexibility index (Phi) is 5.36. The first-order valence-electron chi connectivity index (χ1n) is 8.94. The number of rotatable bonds is 4. The van der Waals surface area contributed by atoms with Crippen molar-refractivity contribution in [2.75, 3.05) is 25.0 Å². The van der Waals surface area contributed by atoms with E-state index in [0.29, 0.717) is 12.6 Å². The summed E-state index contributed by atoms with van der Waals surface area (Å²) in [5.74, 6) is 1.06. The third kappa shape index (κ3) is 4.15. The van der Waals surface area contributed by atoms with Crippen LogP contribution in [0.4, 0.5) is 10.6 Å². The minimum Gasteiger partial charge on any atom is -0.357 e. The molecule has 0 atom stereocenters. The molecule has 2 amide bonds. The van der Waals surface area contributed by atoms with Crippen molar-refractivity contribution < 1.29 is 4.79 Å². The number of amides is 2. The zero-order chi connectivity index (χ0) is 16.1. The second-order valence-electron chi connectivity index (χ2n) is 6.78. The van der Waals surface area contributed by atoms with Crippen molar-refractivity contribution in [2.24, 2.45) is 0 Å². The van der Waals surface area contributed by atoms with Crippen LogP contribution in [0.25, 0.3) is 0 Å². The molecule has 5 nitrogen and oxygen atoms in total. The van der Waals surface area contributed by atoms with Gasteiger partial charge in [0.15, 0.2) is 0 Å². The van der Waals surface area contributed by atoms with Crippen LogP contribution in [0.5, 0.6) is 0 Å². The fraction of sp³-hybridized carbons (Fsp3) is 0.667. The largest absolute Gasteiger partial charge is 0.357 e. The molecule has 1 aliphatic heterocycles. The molecule has 3 rings (SSSR count). The molecular formula is C18H28N4O. The number of pyridine rings is 1. The van der Waals surface area contributed by atoms with Crippen LogP contribution in [0.3, 0.4) is 0 Å². The Balaban J connectivity index is 1.49. The van der Waals surface area contributed by atoms with E-state index in [1.54, 1.807) is 0 Å². The smallest absolute Gasteiger partial charge is 0.317 e. The average Bonchev–Trinajstić information content (AvgIpc) is 2.80. The molecule has 23 heavy (non-hydrogen) atoms.